The first kappa shape index (κ1) is 26.5. The van der Waals surface area contributed by atoms with E-state index in [-0.39, 0.29) is 0 Å². The molecule has 3 nitrogen and oxygen atoms in total. The van der Waals surface area contributed by atoms with E-state index < -0.39 is 27.2 Å². The molecule has 1 aliphatic rings. The maximum Gasteiger partial charge on any atom is 0.534 e. The molecular weight excluding hydrogens is 468 g/mol. The van der Waals surface area contributed by atoms with Crippen molar-refractivity contribution in [2.45, 2.75) is 83.1 Å². The zero-order valence-corrected chi connectivity index (χ0v) is 20.4. The average molecular weight is 501 g/mol. The summed E-state index contributed by atoms with van der Waals surface area (Å²) >= 11 is 0. The topological polar surface area (TPSA) is 43.4 Å². The van der Waals surface area contributed by atoms with Gasteiger partial charge in [0, 0.05) is 5.56 Å². The maximum atomic E-state index is 15.1. The summed E-state index contributed by atoms with van der Waals surface area (Å²) in [7, 11) is -5.76. The monoisotopic (exact) mass is 500 g/mol. The lowest BCUT2D eigenvalue weighted by molar-refractivity contribution is -0.0500. The number of hydrogen-bond donors (Lipinski definition) is 0. The van der Waals surface area contributed by atoms with Crippen molar-refractivity contribution in [2.24, 2.45) is 5.92 Å². The molecule has 0 spiro atoms. The molecule has 2 aromatic rings. The van der Waals surface area contributed by atoms with E-state index in [1.807, 2.05) is 6.07 Å². The summed E-state index contributed by atoms with van der Waals surface area (Å²) in [5, 5.41) is 0. The third-order valence-corrected chi connectivity index (χ3v) is 7.74. The first-order valence-corrected chi connectivity index (χ1v) is 13.4. The van der Waals surface area contributed by atoms with Gasteiger partial charge in [-0.2, -0.15) is 21.6 Å². The highest BCUT2D eigenvalue weighted by Gasteiger charge is 2.48. The molecule has 188 valence electrons. The van der Waals surface area contributed by atoms with E-state index in [1.54, 1.807) is 19.1 Å². The number of benzene rings is 2. The first-order valence-electron chi connectivity index (χ1n) is 12.0. The molecule has 0 atom stereocenters. The van der Waals surface area contributed by atoms with Crippen molar-refractivity contribution in [3.05, 3.63) is 53.3 Å². The van der Waals surface area contributed by atoms with Gasteiger partial charge in [-0.05, 0) is 78.8 Å². The molecule has 0 bridgehead atoms. The summed E-state index contributed by atoms with van der Waals surface area (Å²) in [4.78, 5) is 0. The molecular formula is C26H32F4O3S. The zero-order valence-electron chi connectivity index (χ0n) is 19.6. The molecule has 1 saturated carbocycles. The van der Waals surface area contributed by atoms with Crippen molar-refractivity contribution >= 4 is 10.1 Å². The molecule has 0 amide bonds. The first-order chi connectivity index (χ1) is 16.1. The largest absolute Gasteiger partial charge is 0.534 e. The van der Waals surface area contributed by atoms with E-state index in [2.05, 4.69) is 11.1 Å². The molecule has 1 aliphatic carbocycles. The minimum atomic E-state index is -5.76. The molecule has 1 fully saturated rings. The van der Waals surface area contributed by atoms with Crippen LogP contribution in [0.2, 0.25) is 0 Å². The summed E-state index contributed by atoms with van der Waals surface area (Å²) in [5.41, 5.74) is -3.21. The molecule has 0 aliphatic heterocycles. The van der Waals surface area contributed by atoms with Gasteiger partial charge in [-0.1, -0.05) is 57.7 Å². The van der Waals surface area contributed by atoms with Crippen LogP contribution in [0.1, 0.15) is 82.3 Å². The highest BCUT2D eigenvalue weighted by molar-refractivity contribution is 7.88. The summed E-state index contributed by atoms with van der Waals surface area (Å²) in [6.45, 7) is 3.96. The minimum Gasteiger partial charge on any atom is -0.376 e. The number of halogens is 4. The van der Waals surface area contributed by atoms with Crippen LogP contribution >= 0.6 is 0 Å². The summed E-state index contributed by atoms with van der Waals surface area (Å²) in [5.74, 6) is 0.250. The number of aryl methyl sites for hydroxylation is 1. The van der Waals surface area contributed by atoms with Crippen LogP contribution in [0.15, 0.2) is 36.4 Å². The third-order valence-electron chi connectivity index (χ3n) is 6.76. The van der Waals surface area contributed by atoms with Gasteiger partial charge in [0.2, 0.25) is 0 Å². The second kappa shape index (κ2) is 11.1. The predicted molar refractivity (Wildman–Crippen MR) is 126 cm³/mol. The van der Waals surface area contributed by atoms with Gasteiger partial charge in [-0.15, -0.1) is 0 Å². The van der Waals surface area contributed by atoms with Crippen LogP contribution in [0.4, 0.5) is 17.6 Å². The summed E-state index contributed by atoms with van der Waals surface area (Å²) < 4.78 is 79.8. The predicted octanol–water partition coefficient (Wildman–Crippen LogP) is 8.14. The number of hydrogen-bond acceptors (Lipinski definition) is 3. The van der Waals surface area contributed by atoms with Crippen LogP contribution in [0.5, 0.6) is 5.75 Å². The van der Waals surface area contributed by atoms with E-state index in [4.69, 9.17) is 0 Å². The van der Waals surface area contributed by atoms with Crippen molar-refractivity contribution in [1.29, 1.82) is 0 Å². The van der Waals surface area contributed by atoms with Gasteiger partial charge in [0.05, 0.1) is 0 Å². The molecule has 0 aromatic heterocycles. The third kappa shape index (κ3) is 6.32. The van der Waals surface area contributed by atoms with E-state index in [1.165, 1.54) is 50.7 Å². The number of alkyl halides is 3. The fraction of sp³-hybridized carbons (Fsp3) is 0.538. The zero-order chi connectivity index (χ0) is 24.9. The summed E-state index contributed by atoms with van der Waals surface area (Å²) in [6, 6.07) is 8.93. The van der Waals surface area contributed by atoms with Gasteiger partial charge in [0.25, 0.3) is 0 Å². The fourth-order valence-electron chi connectivity index (χ4n) is 4.82. The lowest BCUT2D eigenvalue weighted by Gasteiger charge is -2.29. The quantitative estimate of drug-likeness (QED) is 0.151. The van der Waals surface area contributed by atoms with Crippen molar-refractivity contribution in [3.63, 3.8) is 0 Å². The Morgan fingerprint density at radius 2 is 1.62 bits per heavy atom. The molecule has 0 saturated heterocycles. The van der Waals surface area contributed by atoms with Crippen LogP contribution in [-0.2, 0) is 16.5 Å². The van der Waals surface area contributed by atoms with Crippen LogP contribution < -0.4 is 4.18 Å². The molecule has 0 heterocycles. The maximum absolute atomic E-state index is 15.1. The van der Waals surface area contributed by atoms with Gasteiger partial charge in [0.15, 0.2) is 0 Å². The summed E-state index contributed by atoms with van der Waals surface area (Å²) in [6.07, 6.45) is 9.85. The SMILES string of the molecule is CCCCCC1CCC(c2ccc(-c3ccc(OS(=O)(=O)C(F)(F)F)cc3CC)c(F)c2)CC1. The van der Waals surface area contributed by atoms with Gasteiger partial charge in [0.1, 0.15) is 11.6 Å². The number of rotatable bonds is 9. The minimum absolute atomic E-state index is 0.332. The van der Waals surface area contributed by atoms with E-state index in [9.17, 15) is 21.6 Å². The lowest BCUT2D eigenvalue weighted by atomic mass is 9.77. The second-order valence-corrected chi connectivity index (χ2v) is 10.6. The smallest absolute Gasteiger partial charge is 0.376 e. The van der Waals surface area contributed by atoms with E-state index >= 15 is 4.39 Å². The van der Waals surface area contributed by atoms with Crippen LogP contribution in [0.3, 0.4) is 0 Å². The molecule has 2 aromatic carbocycles. The van der Waals surface area contributed by atoms with Crippen molar-refractivity contribution in [1.82, 2.24) is 0 Å². The molecule has 0 unspecified atom stereocenters. The standard InChI is InChI=1S/C26H32F4O3S/c1-3-5-6-7-18-8-10-20(11-9-18)21-12-14-24(25(27)17-21)23-15-13-22(16-19(23)4-2)33-34(31,32)26(28,29)30/h12-18,20H,3-11H2,1-2H3. The van der Waals surface area contributed by atoms with E-state index in [0.717, 1.165) is 30.4 Å². The van der Waals surface area contributed by atoms with Crippen molar-refractivity contribution < 1.29 is 30.2 Å². The van der Waals surface area contributed by atoms with Crippen LogP contribution in [0.25, 0.3) is 11.1 Å². The van der Waals surface area contributed by atoms with Gasteiger partial charge in [-0.25, -0.2) is 4.39 Å². The molecule has 34 heavy (non-hydrogen) atoms. The average Bonchev–Trinajstić information content (AvgIpc) is 2.79. The molecule has 0 radical (unpaired) electrons. The van der Waals surface area contributed by atoms with Gasteiger partial charge < -0.3 is 4.18 Å². The Balaban J connectivity index is 1.74. The molecule has 0 N–H and O–H groups in total. The Morgan fingerprint density at radius 3 is 2.21 bits per heavy atom. The molecule has 3 rings (SSSR count). The Morgan fingerprint density at radius 1 is 0.941 bits per heavy atom. The lowest BCUT2D eigenvalue weighted by Crippen LogP contribution is -2.28. The Hall–Kier alpha value is -2.09. The Bertz CT molecular complexity index is 1070. The second-order valence-electron chi connectivity index (χ2n) is 9.11. The Labute approximate surface area is 199 Å². The molecule has 8 heteroatoms. The van der Waals surface area contributed by atoms with Gasteiger partial charge >= 0.3 is 15.6 Å². The van der Waals surface area contributed by atoms with Crippen molar-refractivity contribution in [3.8, 4) is 16.9 Å². The fourth-order valence-corrected chi connectivity index (χ4v) is 5.27. The van der Waals surface area contributed by atoms with Crippen LogP contribution in [-0.4, -0.2) is 13.9 Å². The highest BCUT2D eigenvalue weighted by Crippen LogP contribution is 2.39. The van der Waals surface area contributed by atoms with Crippen molar-refractivity contribution in [2.75, 3.05) is 0 Å². The van der Waals surface area contributed by atoms with Crippen LogP contribution in [0, 0.1) is 11.7 Å². The highest BCUT2D eigenvalue weighted by atomic mass is 32.2. The Kier molecular flexibility index (Phi) is 8.66. The van der Waals surface area contributed by atoms with E-state index in [0.29, 0.717) is 29.0 Å². The van der Waals surface area contributed by atoms with Gasteiger partial charge in [-0.3, -0.25) is 0 Å². The normalized spacial score (nSPS) is 19.2. The number of unbranched alkanes of at least 4 members (excludes halogenated alkanes) is 2.